The maximum absolute atomic E-state index is 12.6. The number of aromatic nitrogens is 2. The maximum atomic E-state index is 12.6. The van der Waals surface area contributed by atoms with Gasteiger partial charge in [-0.3, -0.25) is 14.4 Å². The maximum Gasteiger partial charge on any atom is 0.264 e. The van der Waals surface area contributed by atoms with E-state index in [0.717, 1.165) is 17.1 Å². The second kappa shape index (κ2) is 6.09. The number of piperidine rings is 1. The Morgan fingerprint density at radius 2 is 2.09 bits per heavy atom. The molecule has 0 atom stereocenters. The second-order valence-corrected chi connectivity index (χ2v) is 7.42. The standard InChI is InChI=1S/C17H22N4OS/c1-19-15-12-21(17(22)16-6-5-9-23-16)10-13(15)14(18-19)11-20-7-3-2-4-8-20/h5-6,9H,2-4,7-8,10-12H2,1H3. The second-order valence-electron chi connectivity index (χ2n) is 6.47. The van der Waals surface area contributed by atoms with Crippen molar-refractivity contribution in [1.29, 1.82) is 0 Å². The molecule has 2 aliphatic rings. The number of carbonyl (C=O) groups is 1. The molecule has 5 nitrogen and oxygen atoms in total. The van der Waals surface area contributed by atoms with Gasteiger partial charge in [-0.1, -0.05) is 12.5 Å². The number of amides is 1. The molecule has 122 valence electrons. The van der Waals surface area contributed by atoms with E-state index in [-0.39, 0.29) is 5.91 Å². The van der Waals surface area contributed by atoms with Crippen LogP contribution >= 0.6 is 11.3 Å². The highest BCUT2D eigenvalue weighted by molar-refractivity contribution is 7.12. The molecule has 1 fully saturated rings. The molecule has 0 bridgehead atoms. The minimum Gasteiger partial charge on any atom is -0.328 e. The van der Waals surface area contributed by atoms with E-state index in [9.17, 15) is 4.79 Å². The summed E-state index contributed by atoms with van der Waals surface area (Å²) in [5.74, 6) is 0.139. The van der Waals surface area contributed by atoms with E-state index in [1.807, 2.05) is 34.1 Å². The van der Waals surface area contributed by atoms with Crippen molar-refractivity contribution >= 4 is 17.2 Å². The van der Waals surface area contributed by atoms with Crippen molar-refractivity contribution in [2.24, 2.45) is 7.05 Å². The minimum atomic E-state index is 0.139. The van der Waals surface area contributed by atoms with Gasteiger partial charge in [-0.25, -0.2) is 0 Å². The number of hydrogen-bond acceptors (Lipinski definition) is 4. The third kappa shape index (κ3) is 2.81. The van der Waals surface area contributed by atoms with Crippen molar-refractivity contribution in [3.8, 4) is 0 Å². The molecule has 0 radical (unpaired) electrons. The van der Waals surface area contributed by atoms with E-state index in [4.69, 9.17) is 5.10 Å². The third-order valence-corrected chi connectivity index (χ3v) is 5.75. The van der Waals surface area contributed by atoms with Crippen LogP contribution in [0.5, 0.6) is 0 Å². The summed E-state index contributed by atoms with van der Waals surface area (Å²) < 4.78 is 1.97. The largest absolute Gasteiger partial charge is 0.328 e. The van der Waals surface area contributed by atoms with E-state index in [1.54, 1.807) is 0 Å². The van der Waals surface area contributed by atoms with Crippen LogP contribution in [0.4, 0.5) is 0 Å². The molecule has 4 heterocycles. The molecule has 2 aliphatic heterocycles. The van der Waals surface area contributed by atoms with Crippen LogP contribution in [0.15, 0.2) is 17.5 Å². The quantitative estimate of drug-likeness (QED) is 0.869. The smallest absolute Gasteiger partial charge is 0.264 e. The SMILES string of the molecule is Cn1nc(CN2CCCCC2)c2c1CN(C(=O)c1cccs1)C2. The third-order valence-electron chi connectivity index (χ3n) is 4.89. The van der Waals surface area contributed by atoms with Crippen molar-refractivity contribution in [2.75, 3.05) is 13.1 Å². The van der Waals surface area contributed by atoms with Crippen LogP contribution in [0.3, 0.4) is 0 Å². The number of fused-ring (bicyclic) bond motifs is 1. The topological polar surface area (TPSA) is 41.4 Å². The lowest BCUT2D eigenvalue weighted by atomic mass is 10.1. The first-order valence-electron chi connectivity index (χ1n) is 8.31. The van der Waals surface area contributed by atoms with Gasteiger partial charge < -0.3 is 4.90 Å². The highest BCUT2D eigenvalue weighted by Crippen LogP contribution is 2.29. The molecule has 0 N–H and O–H groups in total. The normalized spacial score (nSPS) is 18.4. The molecular weight excluding hydrogens is 308 g/mol. The Morgan fingerprint density at radius 1 is 1.26 bits per heavy atom. The minimum absolute atomic E-state index is 0.139. The summed E-state index contributed by atoms with van der Waals surface area (Å²) in [5, 5.41) is 6.68. The molecule has 2 aromatic rings. The van der Waals surface area contributed by atoms with Gasteiger partial charge in [0.1, 0.15) is 0 Å². The van der Waals surface area contributed by atoms with E-state index in [1.165, 1.54) is 54.9 Å². The number of rotatable bonds is 3. The summed E-state index contributed by atoms with van der Waals surface area (Å²) >= 11 is 1.51. The molecule has 0 aliphatic carbocycles. The lowest BCUT2D eigenvalue weighted by Crippen LogP contribution is -2.30. The lowest BCUT2D eigenvalue weighted by Gasteiger charge is -2.26. The zero-order valence-corrected chi connectivity index (χ0v) is 14.3. The number of hydrogen-bond donors (Lipinski definition) is 0. The molecule has 0 saturated carbocycles. The number of nitrogens with zero attached hydrogens (tertiary/aromatic N) is 4. The van der Waals surface area contributed by atoms with Crippen LogP contribution in [0, 0.1) is 0 Å². The Morgan fingerprint density at radius 3 is 2.83 bits per heavy atom. The predicted octanol–water partition coefficient (Wildman–Crippen LogP) is 2.62. The van der Waals surface area contributed by atoms with E-state index in [0.29, 0.717) is 13.1 Å². The molecule has 0 spiro atoms. The van der Waals surface area contributed by atoms with Crippen LogP contribution in [0.2, 0.25) is 0 Å². The average Bonchev–Trinajstić information content (AvgIpc) is 3.28. The number of likely N-dealkylation sites (tertiary alicyclic amines) is 1. The van der Waals surface area contributed by atoms with Crippen molar-refractivity contribution in [2.45, 2.75) is 38.9 Å². The molecule has 6 heteroatoms. The van der Waals surface area contributed by atoms with Gasteiger partial charge in [0.2, 0.25) is 0 Å². The molecular formula is C17H22N4OS. The molecule has 1 amide bonds. The fraction of sp³-hybridized carbons (Fsp3) is 0.529. The van der Waals surface area contributed by atoms with E-state index >= 15 is 0 Å². The van der Waals surface area contributed by atoms with Gasteiger partial charge in [-0.05, 0) is 37.4 Å². The number of carbonyl (C=O) groups excluding carboxylic acids is 1. The van der Waals surface area contributed by atoms with Crippen LogP contribution in [-0.2, 0) is 26.7 Å². The van der Waals surface area contributed by atoms with Gasteiger partial charge in [0.25, 0.3) is 5.91 Å². The van der Waals surface area contributed by atoms with Crippen molar-refractivity contribution in [1.82, 2.24) is 19.6 Å². The Balaban J connectivity index is 1.52. The van der Waals surface area contributed by atoms with E-state index in [2.05, 4.69) is 4.90 Å². The van der Waals surface area contributed by atoms with Crippen molar-refractivity contribution < 1.29 is 4.79 Å². The highest BCUT2D eigenvalue weighted by Gasteiger charge is 2.31. The highest BCUT2D eigenvalue weighted by atomic mass is 32.1. The van der Waals surface area contributed by atoms with Gasteiger partial charge >= 0.3 is 0 Å². The molecule has 1 saturated heterocycles. The summed E-state index contributed by atoms with van der Waals surface area (Å²) in [6, 6.07) is 3.84. The Bertz CT molecular complexity index is 701. The van der Waals surface area contributed by atoms with Crippen molar-refractivity contribution in [3.05, 3.63) is 39.3 Å². The first-order valence-corrected chi connectivity index (χ1v) is 9.19. The summed E-state index contributed by atoms with van der Waals surface area (Å²) in [7, 11) is 2.00. The van der Waals surface area contributed by atoms with Crippen LogP contribution < -0.4 is 0 Å². The van der Waals surface area contributed by atoms with Gasteiger partial charge in [-0.15, -0.1) is 11.3 Å². The van der Waals surface area contributed by atoms with Crippen LogP contribution in [-0.4, -0.2) is 38.6 Å². The number of thiophene rings is 1. The Hall–Kier alpha value is -1.66. The average molecular weight is 330 g/mol. The van der Waals surface area contributed by atoms with E-state index < -0.39 is 0 Å². The molecule has 4 rings (SSSR count). The van der Waals surface area contributed by atoms with Gasteiger partial charge in [-0.2, -0.15) is 5.10 Å². The monoisotopic (exact) mass is 330 g/mol. The van der Waals surface area contributed by atoms with Gasteiger partial charge in [0.15, 0.2) is 0 Å². The fourth-order valence-corrected chi connectivity index (χ4v) is 4.32. The summed E-state index contributed by atoms with van der Waals surface area (Å²) in [5.41, 5.74) is 3.62. The molecule has 2 aromatic heterocycles. The first-order chi connectivity index (χ1) is 11.2. The zero-order valence-electron chi connectivity index (χ0n) is 13.5. The molecule has 0 aromatic carbocycles. The van der Waals surface area contributed by atoms with Gasteiger partial charge in [0.05, 0.1) is 29.4 Å². The Labute approximate surface area is 140 Å². The predicted molar refractivity (Wildman–Crippen MR) is 90.2 cm³/mol. The summed E-state index contributed by atoms with van der Waals surface area (Å²) in [4.78, 5) is 17.8. The van der Waals surface area contributed by atoms with Gasteiger partial charge in [0, 0.05) is 19.2 Å². The molecule has 23 heavy (non-hydrogen) atoms. The first kappa shape index (κ1) is 14.9. The van der Waals surface area contributed by atoms with Crippen LogP contribution in [0.25, 0.3) is 0 Å². The fourth-order valence-electron chi connectivity index (χ4n) is 3.63. The zero-order chi connectivity index (χ0) is 15.8. The Kier molecular flexibility index (Phi) is 3.95. The summed E-state index contributed by atoms with van der Waals surface area (Å²) in [6.07, 6.45) is 3.93. The van der Waals surface area contributed by atoms with Crippen LogP contribution in [0.1, 0.15) is 45.9 Å². The molecule has 0 unspecified atom stereocenters. The van der Waals surface area contributed by atoms with Crippen molar-refractivity contribution in [3.63, 3.8) is 0 Å². The number of aryl methyl sites for hydroxylation is 1. The lowest BCUT2D eigenvalue weighted by molar-refractivity contribution is 0.0752. The summed E-state index contributed by atoms with van der Waals surface area (Å²) in [6.45, 7) is 4.63.